The number of hydrogen-bond donors (Lipinski definition) is 3. The normalized spacial score (nSPS) is 19.6. The maximum absolute atomic E-state index is 11.3. The van der Waals surface area contributed by atoms with Crippen LogP contribution < -0.4 is 10.6 Å². The van der Waals surface area contributed by atoms with Crippen LogP contribution in [0.5, 0.6) is 0 Å². The van der Waals surface area contributed by atoms with Crippen LogP contribution >= 0.6 is 0 Å². The predicted molar refractivity (Wildman–Crippen MR) is 114 cm³/mol. The van der Waals surface area contributed by atoms with Crippen LogP contribution in [0, 0.1) is 0 Å². The molecule has 1 amide bonds. The van der Waals surface area contributed by atoms with Crippen LogP contribution in [0.3, 0.4) is 0 Å². The number of carbonyl (C=O) groups is 2. The Bertz CT molecular complexity index is 450. The molecule has 0 radical (unpaired) electrons. The predicted octanol–water partition coefficient (Wildman–Crippen LogP) is 4.24. The Labute approximate surface area is 176 Å². The van der Waals surface area contributed by atoms with E-state index >= 15 is 0 Å². The number of amides is 1. The fourth-order valence-electron chi connectivity index (χ4n) is 3.81. The number of aliphatic carboxylic acids is 1. The van der Waals surface area contributed by atoms with Crippen molar-refractivity contribution in [1.29, 1.82) is 0 Å². The Hall–Kier alpha value is -1.34. The quantitative estimate of drug-likeness (QED) is 0.576. The number of carboxylic acids is 1. The number of carboxylic acid groups (broad SMARTS) is 1. The zero-order valence-corrected chi connectivity index (χ0v) is 18.8. The summed E-state index contributed by atoms with van der Waals surface area (Å²) < 4.78 is 9.69. The number of rotatable bonds is 7. The van der Waals surface area contributed by atoms with Crippen LogP contribution in [0.2, 0.25) is 0 Å². The molecule has 0 aromatic rings. The first kappa shape index (κ1) is 25.7. The van der Waals surface area contributed by atoms with Crippen molar-refractivity contribution in [3.8, 4) is 0 Å². The molecule has 0 aliphatic heterocycles. The van der Waals surface area contributed by atoms with E-state index in [1.165, 1.54) is 71.3 Å². The van der Waals surface area contributed by atoms with E-state index in [2.05, 4.69) is 10.6 Å². The second kappa shape index (κ2) is 13.8. The standard InChI is InChI=1S/C12H23N.C10H19NO5/c1-3-7-11(8-4-1)13-12-9-5-2-6-10-12;1-10(2,3)16-9(14)11-7(8(12)13)5-6-15-4/h11-13H,1-10H2;7H,5-6H2,1-4H3,(H,11,14)(H,12,13)/t;7-/m.0/s1. The summed E-state index contributed by atoms with van der Waals surface area (Å²) in [5.41, 5.74) is -0.644. The minimum atomic E-state index is -1.11. The molecule has 7 heteroatoms. The van der Waals surface area contributed by atoms with Gasteiger partial charge in [-0.25, -0.2) is 9.59 Å². The van der Waals surface area contributed by atoms with E-state index in [0.29, 0.717) is 0 Å². The lowest BCUT2D eigenvalue weighted by Crippen LogP contribution is -2.44. The van der Waals surface area contributed by atoms with Gasteiger partial charge in [0.25, 0.3) is 0 Å². The molecule has 2 aliphatic rings. The number of alkyl carbamates (subject to hydrolysis) is 1. The van der Waals surface area contributed by atoms with Crippen LogP contribution in [-0.4, -0.2) is 54.6 Å². The Balaban J connectivity index is 0.000000294. The van der Waals surface area contributed by atoms with Crippen molar-refractivity contribution in [3.63, 3.8) is 0 Å². The van der Waals surface area contributed by atoms with Crippen molar-refractivity contribution in [1.82, 2.24) is 10.6 Å². The van der Waals surface area contributed by atoms with Gasteiger partial charge in [0.05, 0.1) is 0 Å². The van der Waals surface area contributed by atoms with Gasteiger partial charge >= 0.3 is 12.1 Å². The number of nitrogens with one attached hydrogen (secondary N) is 2. The first-order chi connectivity index (χ1) is 13.7. The molecule has 1 atom stereocenters. The highest BCUT2D eigenvalue weighted by Crippen LogP contribution is 2.22. The summed E-state index contributed by atoms with van der Waals surface area (Å²) in [5, 5.41) is 14.9. The third kappa shape index (κ3) is 12.7. The molecular weight excluding hydrogens is 372 g/mol. The highest BCUT2D eigenvalue weighted by atomic mass is 16.6. The number of methoxy groups -OCH3 is 1. The molecule has 2 fully saturated rings. The lowest BCUT2D eigenvalue weighted by Gasteiger charge is -2.30. The van der Waals surface area contributed by atoms with Crippen molar-refractivity contribution in [2.45, 2.75) is 115 Å². The van der Waals surface area contributed by atoms with E-state index in [9.17, 15) is 9.59 Å². The third-order valence-corrected chi connectivity index (χ3v) is 5.28. The lowest BCUT2D eigenvalue weighted by atomic mass is 9.91. The van der Waals surface area contributed by atoms with E-state index in [0.717, 1.165) is 12.1 Å². The smallest absolute Gasteiger partial charge is 0.408 e. The lowest BCUT2D eigenvalue weighted by molar-refractivity contribution is -0.140. The van der Waals surface area contributed by atoms with Crippen LogP contribution in [0.4, 0.5) is 4.79 Å². The van der Waals surface area contributed by atoms with Crippen molar-refractivity contribution < 1.29 is 24.2 Å². The van der Waals surface area contributed by atoms with Gasteiger partial charge < -0.3 is 25.2 Å². The first-order valence-electron chi connectivity index (χ1n) is 11.2. The van der Waals surface area contributed by atoms with Crippen molar-refractivity contribution in [3.05, 3.63) is 0 Å². The summed E-state index contributed by atoms with van der Waals surface area (Å²) in [5.74, 6) is -1.11. The molecular formula is C22H42N2O5. The monoisotopic (exact) mass is 414 g/mol. The highest BCUT2D eigenvalue weighted by Gasteiger charge is 2.23. The first-order valence-corrected chi connectivity index (χ1v) is 11.2. The zero-order valence-electron chi connectivity index (χ0n) is 18.8. The Morgan fingerprint density at radius 2 is 1.45 bits per heavy atom. The van der Waals surface area contributed by atoms with Crippen LogP contribution in [0.1, 0.15) is 91.4 Å². The van der Waals surface area contributed by atoms with E-state index < -0.39 is 23.7 Å². The maximum atomic E-state index is 11.3. The fraction of sp³-hybridized carbons (Fsp3) is 0.909. The largest absolute Gasteiger partial charge is 0.480 e. The van der Waals surface area contributed by atoms with Gasteiger partial charge in [-0.1, -0.05) is 38.5 Å². The van der Waals surface area contributed by atoms with Crippen molar-refractivity contribution in [2.24, 2.45) is 0 Å². The molecule has 2 saturated carbocycles. The molecule has 0 spiro atoms. The van der Waals surface area contributed by atoms with Crippen molar-refractivity contribution >= 4 is 12.1 Å². The molecule has 3 N–H and O–H groups in total. The van der Waals surface area contributed by atoms with Gasteiger partial charge in [0.15, 0.2) is 0 Å². The van der Waals surface area contributed by atoms with Crippen LogP contribution in [0.25, 0.3) is 0 Å². The van der Waals surface area contributed by atoms with Crippen LogP contribution in [-0.2, 0) is 14.3 Å². The average Bonchev–Trinajstić information content (AvgIpc) is 2.65. The minimum absolute atomic E-state index is 0.199. The average molecular weight is 415 g/mol. The molecule has 2 aliphatic carbocycles. The number of hydrogen-bond acceptors (Lipinski definition) is 5. The minimum Gasteiger partial charge on any atom is -0.480 e. The second-order valence-corrected chi connectivity index (χ2v) is 9.16. The van der Waals surface area contributed by atoms with Gasteiger partial charge in [-0.2, -0.15) is 0 Å². The van der Waals surface area contributed by atoms with E-state index in [4.69, 9.17) is 14.6 Å². The van der Waals surface area contributed by atoms with Gasteiger partial charge in [-0.3, -0.25) is 0 Å². The SMILES string of the molecule is C1CCC(NC2CCCCC2)CC1.COCC[C@H](NC(=O)OC(C)(C)C)C(=O)O. The number of ether oxygens (including phenoxy) is 2. The number of carbonyl (C=O) groups excluding carboxylic acids is 1. The summed E-state index contributed by atoms with van der Waals surface area (Å²) in [4.78, 5) is 22.1. The molecule has 7 nitrogen and oxygen atoms in total. The fourth-order valence-corrected chi connectivity index (χ4v) is 3.81. The van der Waals surface area contributed by atoms with Gasteiger partial charge in [-0.15, -0.1) is 0 Å². The molecule has 0 bridgehead atoms. The van der Waals surface area contributed by atoms with Gasteiger partial charge in [0.1, 0.15) is 11.6 Å². The molecule has 2 rings (SSSR count). The molecule has 170 valence electrons. The summed E-state index contributed by atoms with van der Waals surface area (Å²) in [6.45, 7) is 5.37. The maximum Gasteiger partial charge on any atom is 0.408 e. The Morgan fingerprint density at radius 1 is 0.966 bits per heavy atom. The van der Waals surface area contributed by atoms with Gasteiger partial charge in [-0.05, 0) is 46.5 Å². The summed E-state index contributed by atoms with van der Waals surface area (Å²) >= 11 is 0. The molecule has 0 aromatic heterocycles. The van der Waals surface area contributed by atoms with E-state index in [1.54, 1.807) is 20.8 Å². The summed E-state index contributed by atoms with van der Waals surface area (Å²) in [6.07, 6.45) is 14.0. The van der Waals surface area contributed by atoms with E-state index in [1.807, 2.05) is 0 Å². The molecule has 0 aromatic carbocycles. The highest BCUT2D eigenvalue weighted by molar-refractivity contribution is 5.79. The van der Waals surface area contributed by atoms with Gasteiger partial charge in [0.2, 0.25) is 0 Å². The Morgan fingerprint density at radius 3 is 1.83 bits per heavy atom. The molecule has 0 saturated heterocycles. The Kier molecular flexibility index (Phi) is 12.2. The van der Waals surface area contributed by atoms with E-state index in [-0.39, 0.29) is 13.0 Å². The summed E-state index contributed by atoms with van der Waals surface area (Å²) in [6, 6.07) is 0.753. The van der Waals surface area contributed by atoms with Gasteiger partial charge in [0, 0.05) is 32.2 Å². The molecule has 0 unspecified atom stereocenters. The molecule has 0 heterocycles. The third-order valence-electron chi connectivity index (χ3n) is 5.28. The topological polar surface area (TPSA) is 96.9 Å². The van der Waals surface area contributed by atoms with Crippen molar-refractivity contribution in [2.75, 3.05) is 13.7 Å². The summed E-state index contributed by atoms with van der Waals surface area (Å²) in [7, 11) is 1.46. The zero-order chi connectivity index (χ0) is 21.7. The second-order valence-electron chi connectivity index (χ2n) is 9.16. The van der Waals surface area contributed by atoms with Crippen LogP contribution in [0.15, 0.2) is 0 Å². The molecule has 29 heavy (non-hydrogen) atoms.